The predicted molar refractivity (Wildman–Crippen MR) is 65.2 cm³/mol. The van der Waals surface area contributed by atoms with E-state index in [2.05, 4.69) is 9.72 Å². The molecule has 1 rings (SSSR count). The van der Waals surface area contributed by atoms with Gasteiger partial charge in [-0.25, -0.2) is 4.98 Å². The highest BCUT2D eigenvalue weighted by molar-refractivity contribution is 5.69. The molecule has 0 bridgehead atoms. The maximum atomic E-state index is 10.8. The van der Waals surface area contributed by atoms with Crippen LogP contribution < -0.4 is 0 Å². The second-order valence-corrected chi connectivity index (χ2v) is 3.80. The van der Waals surface area contributed by atoms with Crippen LogP contribution in [0.2, 0.25) is 0 Å². The van der Waals surface area contributed by atoms with Gasteiger partial charge in [-0.05, 0) is 6.92 Å². The van der Waals surface area contributed by atoms with E-state index in [4.69, 9.17) is 9.47 Å². The van der Waals surface area contributed by atoms with E-state index < -0.39 is 0 Å². The van der Waals surface area contributed by atoms with Crippen LogP contribution in [-0.2, 0) is 25.5 Å². The molecule has 6 heteroatoms. The van der Waals surface area contributed by atoms with Gasteiger partial charge in [0.15, 0.2) is 0 Å². The topological polar surface area (TPSA) is 62.6 Å². The molecule has 0 aliphatic heterocycles. The predicted octanol–water partition coefficient (Wildman–Crippen LogP) is 0.788. The second-order valence-electron chi connectivity index (χ2n) is 3.80. The Morgan fingerprint density at radius 3 is 2.61 bits per heavy atom. The molecule has 1 aromatic heterocycles. The number of aryl methyl sites for hydroxylation is 1. The van der Waals surface area contributed by atoms with E-state index in [1.807, 2.05) is 17.7 Å². The van der Waals surface area contributed by atoms with Crippen molar-refractivity contribution >= 4 is 5.97 Å². The van der Waals surface area contributed by atoms with Gasteiger partial charge < -0.3 is 18.8 Å². The van der Waals surface area contributed by atoms with Gasteiger partial charge >= 0.3 is 5.97 Å². The quantitative estimate of drug-likeness (QED) is 0.483. The Labute approximate surface area is 107 Å². The molecule has 6 nitrogen and oxygen atoms in total. The maximum absolute atomic E-state index is 10.8. The van der Waals surface area contributed by atoms with Gasteiger partial charge in [0, 0.05) is 12.7 Å². The molecule has 0 aliphatic carbocycles. The van der Waals surface area contributed by atoms with E-state index in [1.165, 1.54) is 7.11 Å². The SMILES string of the molecule is COC(=O)CCOCCOCCn1cnc(C)c1. The first-order chi connectivity index (χ1) is 8.72. The van der Waals surface area contributed by atoms with Gasteiger partial charge in [0.1, 0.15) is 0 Å². The van der Waals surface area contributed by atoms with Crippen molar-refractivity contribution < 1.29 is 19.0 Å². The van der Waals surface area contributed by atoms with E-state index in [-0.39, 0.29) is 12.4 Å². The van der Waals surface area contributed by atoms with Crippen LogP contribution in [0.4, 0.5) is 0 Å². The van der Waals surface area contributed by atoms with Crippen molar-refractivity contribution in [2.45, 2.75) is 19.9 Å². The van der Waals surface area contributed by atoms with Crippen molar-refractivity contribution in [3.05, 3.63) is 18.2 Å². The molecule has 0 unspecified atom stereocenters. The molecule has 0 N–H and O–H groups in total. The monoisotopic (exact) mass is 256 g/mol. The highest BCUT2D eigenvalue weighted by Gasteiger charge is 1.99. The van der Waals surface area contributed by atoms with Gasteiger partial charge in [-0.1, -0.05) is 0 Å². The minimum absolute atomic E-state index is 0.258. The summed E-state index contributed by atoms with van der Waals surface area (Å²) < 4.78 is 17.1. The van der Waals surface area contributed by atoms with Crippen molar-refractivity contribution in [3.63, 3.8) is 0 Å². The van der Waals surface area contributed by atoms with Gasteiger partial charge in [-0.15, -0.1) is 0 Å². The lowest BCUT2D eigenvalue weighted by Crippen LogP contribution is -2.11. The minimum Gasteiger partial charge on any atom is -0.469 e. The van der Waals surface area contributed by atoms with Crippen molar-refractivity contribution in [2.75, 3.05) is 33.5 Å². The summed E-state index contributed by atoms with van der Waals surface area (Å²) in [5.74, 6) is -0.258. The van der Waals surface area contributed by atoms with E-state index in [0.717, 1.165) is 12.2 Å². The molecule has 102 valence electrons. The third kappa shape index (κ3) is 6.36. The molecular weight excluding hydrogens is 236 g/mol. The number of ether oxygens (including phenoxy) is 3. The van der Waals surface area contributed by atoms with Crippen LogP contribution in [-0.4, -0.2) is 49.1 Å². The molecule has 0 aromatic carbocycles. The Morgan fingerprint density at radius 1 is 1.28 bits per heavy atom. The molecule has 0 fully saturated rings. The summed E-state index contributed by atoms with van der Waals surface area (Å²) in [5.41, 5.74) is 1.00. The number of hydrogen-bond donors (Lipinski definition) is 0. The first-order valence-electron chi connectivity index (χ1n) is 5.93. The molecule has 18 heavy (non-hydrogen) atoms. The second kappa shape index (κ2) is 8.66. The molecule has 0 saturated heterocycles. The largest absolute Gasteiger partial charge is 0.469 e. The minimum atomic E-state index is -0.258. The summed E-state index contributed by atoms with van der Waals surface area (Å²) >= 11 is 0. The Hall–Kier alpha value is -1.40. The molecule has 0 radical (unpaired) electrons. The lowest BCUT2D eigenvalue weighted by Gasteiger charge is -2.05. The molecule has 0 saturated carbocycles. The normalized spacial score (nSPS) is 10.6. The van der Waals surface area contributed by atoms with Gasteiger partial charge in [0.2, 0.25) is 0 Å². The molecule has 0 atom stereocenters. The fourth-order valence-corrected chi connectivity index (χ4v) is 1.34. The number of hydrogen-bond acceptors (Lipinski definition) is 5. The zero-order valence-electron chi connectivity index (χ0n) is 10.9. The average molecular weight is 256 g/mol. The summed E-state index contributed by atoms with van der Waals surface area (Å²) in [5, 5.41) is 0. The van der Waals surface area contributed by atoms with Gasteiger partial charge in [-0.3, -0.25) is 4.79 Å². The summed E-state index contributed by atoms with van der Waals surface area (Å²) in [7, 11) is 1.36. The van der Waals surface area contributed by atoms with Crippen LogP contribution >= 0.6 is 0 Å². The van der Waals surface area contributed by atoms with Gasteiger partial charge in [0.25, 0.3) is 0 Å². The van der Waals surface area contributed by atoms with E-state index in [9.17, 15) is 4.79 Å². The van der Waals surface area contributed by atoms with E-state index >= 15 is 0 Å². The van der Waals surface area contributed by atoms with Crippen molar-refractivity contribution in [1.29, 1.82) is 0 Å². The fraction of sp³-hybridized carbons (Fsp3) is 0.667. The zero-order valence-corrected chi connectivity index (χ0v) is 10.9. The van der Waals surface area contributed by atoms with Crippen molar-refractivity contribution in [2.24, 2.45) is 0 Å². The molecule has 0 aliphatic rings. The number of rotatable bonds is 9. The van der Waals surface area contributed by atoms with Crippen LogP contribution in [0.3, 0.4) is 0 Å². The van der Waals surface area contributed by atoms with Gasteiger partial charge in [0.05, 0.1) is 52.0 Å². The number of methoxy groups -OCH3 is 1. The number of imidazole rings is 1. The Kier molecular flexibility index (Phi) is 7.05. The molecular formula is C12H20N2O4. The smallest absolute Gasteiger partial charge is 0.307 e. The number of aromatic nitrogens is 2. The number of esters is 1. The summed E-state index contributed by atoms with van der Waals surface area (Å²) in [6.07, 6.45) is 4.03. The van der Waals surface area contributed by atoms with Gasteiger partial charge in [-0.2, -0.15) is 0 Å². The molecule has 0 spiro atoms. The number of nitrogens with zero attached hydrogens (tertiary/aromatic N) is 2. The highest BCUT2D eigenvalue weighted by atomic mass is 16.5. The first-order valence-corrected chi connectivity index (χ1v) is 5.93. The highest BCUT2D eigenvalue weighted by Crippen LogP contribution is 1.93. The van der Waals surface area contributed by atoms with Crippen molar-refractivity contribution in [3.8, 4) is 0 Å². The maximum Gasteiger partial charge on any atom is 0.307 e. The lowest BCUT2D eigenvalue weighted by molar-refractivity contribution is -0.141. The van der Waals surface area contributed by atoms with Crippen molar-refractivity contribution in [1.82, 2.24) is 9.55 Å². The van der Waals surface area contributed by atoms with E-state index in [1.54, 1.807) is 6.33 Å². The van der Waals surface area contributed by atoms with Crippen LogP contribution in [0.15, 0.2) is 12.5 Å². The summed E-state index contributed by atoms with van der Waals surface area (Å²) in [6, 6.07) is 0. The Morgan fingerprint density at radius 2 is 2.00 bits per heavy atom. The standard InChI is InChI=1S/C12H20N2O4/c1-11-9-14(10-13-11)4-6-18-8-7-17-5-3-12(15)16-2/h9-10H,3-8H2,1-2H3. The first kappa shape index (κ1) is 14.7. The molecule has 1 heterocycles. The van der Waals surface area contributed by atoms with Crippen LogP contribution in [0.1, 0.15) is 12.1 Å². The lowest BCUT2D eigenvalue weighted by atomic mass is 10.5. The Balaban J connectivity index is 1.88. The van der Waals surface area contributed by atoms with Crippen LogP contribution in [0, 0.1) is 6.92 Å². The molecule has 1 aromatic rings. The van der Waals surface area contributed by atoms with E-state index in [0.29, 0.717) is 26.4 Å². The number of carbonyl (C=O) groups excluding carboxylic acids is 1. The fourth-order valence-electron chi connectivity index (χ4n) is 1.34. The molecule has 0 amide bonds. The van der Waals surface area contributed by atoms with Crippen LogP contribution in [0.25, 0.3) is 0 Å². The Bertz CT molecular complexity index is 352. The summed E-state index contributed by atoms with van der Waals surface area (Å²) in [6.45, 7) is 4.73. The average Bonchev–Trinajstić information content (AvgIpc) is 2.78. The number of carbonyl (C=O) groups is 1. The zero-order chi connectivity index (χ0) is 13.2. The summed E-state index contributed by atoms with van der Waals surface area (Å²) in [4.78, 5) is 14.9. The third-order valence-electron chi connectivity index (χ3n) is 2.31. The van der Waals surface area contributed by atoms with Crippen LogP contribution in [0.5, 0.6) is 0 Å². The third-order valence-corrected chi connectivity index (χ3v) is 2.31.